The highest BCUT2D eigenvalue weighted by molar-refractivity contribution is 6.17. The monoisotopic (exact) mass is 263 g/mol. The molecule has 17 heavy (non-hydrogen) atoms. The van der Waals surface area contributed by atoms with Crippen molar-refractivity contribution in [1.82, 2.24) is 4.90 Å². The molecular weight excluding hydrogens is 242 g/mol. The van der Waals surface area contributed by atoms with Crippen LogP contribution in [0.15, 0.2) is 0 Å². The second kappa shape index (κ2) is 6.45. The molecule has 0 N–H and O–H groups in total. The summed E-state index contributed by atoms with van der Waals surface area (Å²) in [6, 6.07) is 0. The average Bonchev–Trinajstić information content (AvgIpc) is 2.64. The third-order valence-electron chi connectivity index (χ3n) is 2.43. The maximum absolute atomic E-state index is 11.8. The van der Waals surface area contributed by atoms with Crippen molar-refractivity contribution in [3.8, 4) is 0 Å². The Morgan fingerprint density at radius 3 is 2.76 bits per heavy atom. The molecule has 1 saturated heterocycles. The summed E-state index contributed by atoms with van der Waals surface area (Å²) in [5.41, 5.74) is -0.436. The molecule has 1 unspecified atom stereocenters. The smallest absolute Gasteiger partial charge is 0.410 e. The van der Waals surface area contributed by atoms with Gasteiger partial charge in [-0.1, -0.05) is 0 Å². The second-order valence-corrected chi connectivity index (χ2v) is 5.63. The number of rotatable bonds is 4. The van der Waals surface area contributed by atoms with Crippen molar-refractivity contribution >= 4 is 17.7 Å². The first-order chi connectivity index (χ1) is 7.92. The minimum absolute atomic E-state index is 0.130. The molecule has 0 aromatic carbocycles. The van der Waals surface area contributed by atoms with Crippen LogP contribution in [0.2, 0.25) is 0 Å². The van der Waals surface area contributed by atoms with Gasteiger partial charge >= 0.3 is 6.09 Å². The number of alkyl halides is 1. The van der Waals surface area contributed by atoms with Gasteiger partial charge < -0.3 is 14.4 Å². The number of carbonyl (C=O) groups is 1. The summed E-state index contributed by atoms with van der Waals surface area (Å²) in [6.45, 7) is 7.61. The van der Waals surface area contributed by atoms with Gasteiger partial charge in [0.2, 0.25) is 0 Å². The fraction of sp³-hybridized carbons (Fsp3) is 0.917. The van der Waals surface area contributed by atoms with Crippen molar-refractivity contribution in [3.63, 3.8) is 0 Å². The van der Waals surface area contributed by atoms with Gasteiger partial charge in [-0.25, -0.2) is 4.79 Å². The lowest BCUT2D eigenvalue weighted by molar-refractivity contribution is 0.0212. The Kier molecular flexibility index (Phi) is 5.53. The Labute approximate surface area is 108 Å². The van der Waals surface area contributed by atoms with Crippen molar-refractivity contribution in [3.05, 3.63) is 0 Å². The second-order valence-electron chi connectivity index (χ2n) is 5.25. The minimum Gasteiger partial charge on any atom is -0.444 e. The van der Waals surface area contributed by atoms with E-state index in [4.69, 9.17) is 21.1 Å². The van der Waals surface area contributed by atoms with Crippen molar-refractivity contribution in [2.45, 2.75) is 45.3 Å². The molecule has 1 aliphatic heterocycles. The standard InChI is InChI=1S/C12H22ClNO3/c1-12(2,3)17-11(15)14-7-5-10(9-14)16-8-4-6-13/h10H,4-9H2,1-3H3. The van der Waals surface area contributed by atoms with Crippen molar-refractivity contribution in [1.29, 1.82) is 0 Å². The normalized spacial score (nSPS) is 20.7. The lowest BCUT2D eigenvalue weighted by Gasteiger charge is -2.24. The fourth-order valence-corrected chi connectivity index (χ4v) is 1.77. The van der Waals surface area contributed by atoms with Crippen LogP contribution in [-0.2, 0) is 9.47 Å². The van der Waals surface area contributed by atoms with Crippen LogP contribution in [0.4, 0.5) is 4.79 Å². The maximum atomic E-state index is 11.8. The number of likely N-dealkylation sites (tertiary alicyclic amines) is 1. The van der Waals surface area contributed by atoms with Gasteiger partial charge in [0.05, 0.1) is 12.6 Å². The molecule has 1 aliphatic rings. The summed E-state index contributed by atoms with van der Waals surface area (Å²) in [6.07, 6.45) is 1.61. The van der Waals surface area contributed by atoms with Crippen LogP contribution in [0.25, 0.3) is 0 Å². The maximum Gasteiger partial charge on any atom is 0.410 e. The van der Waals surface area contributed by atoms with E-state index in [0.29, 0.717) is 25.6 Å². The predicted molar refractivity (Wildman–Crippen MR) is 67.5 cm³/mol. The Balaban J connectivity index is 2.27. The molecule has 1 atom stereocenters. The Hall–Kier alpha value is -0.480. The number of amides is 1. The summed E-state index contributed by atoms with van der Waals surface area (Å²) in [5.74, 6) is 0.614. The van der Waals surface area contributed by atoms with Gasteiger partial charge in [0.15, 0.2) is 0 Å². The highest BCUT2D eigenvalue weighted by Gasteiger charge is 2.29. The van der Waals surface area contributed by atoms with Crippen LogP contribution in [0, 0.1) is 0 Å². The molecule has 1 fully saturated rings. The topological polar surface area (TPSA) is 38.8 Å². The van der Waals surface area contributed by atoms with E-state index < -0.39 is 5.60 Å². The van der Waals surface area contributed by atoms with E-state index >= 15 is 0 Å². The van der Waals surface area contributed by atoms with Crippen LogP contribution in [0.5, 0.6) is 0 Å². The van der Waals surface area contributed by atoms with Gasteiger partial charge in [0.25, 0.3) is 0 Å². The summed E-state index contributed by atoms with van der Waals surface area (Å²) >= 11 is 5.57. The first-order valence-corrected chi connectivity index (χ1v) is 6.61. The zero-order valence-corrected chi connectivity index (χ0v) is 11.6. The van der Waals surface area contributed by atoms with E-state index in [1.54, 1.807) is 4.90 Å². The number of halogens is 1. The molecule has 0 saturated carbocycles. The molecule has 0 radical (unpaired) electrons. The first-order valence-electron chi connectivity index (χ1n) is 6.08. The molecule has 1 amide bonds. The third-order valence-corrected chi connectivity index (χ3v) is 2.70. The summed E-state index contributed by atoms with van der Waals surface area (Å²) in [7, 11) is 0. The lowest BCUT2D eigenvalue weighted by atomic mass is 10.2. The molecule has 1 rings (SSSR count). The molecule has 4 nitrogen and oxygen atoms in total. The van der Waals surface area contributed by atoms with E-state index in [1.807, 2.05) is 20.8 Å². The van der Waals surface area contributed by atoms with Gasteiger partial charge in [-0.15, -0.1) is 11.6 Å². The molecule has 0 aromatic rings. The SMILES string of the molecule is CC(C)(C)OC(=O)N1CCC(OCCCCl)C1. The molecule has 5 heteroatoms. The van der Waals surface area contributed by atoms with E-state index in [2.05, 4.69) is 0 Å². The van der Waals surface area contributed by atoms with Gasteiger partial charge in [-0.3, -0.25) is 0 Å². The van der Waals surface area contributed by atoms with Gasteiger partial charge in [0.1, 0.15) is 5.60 Å². The highest BCUT2D eigenvalue weighted by Crippen LogP contribution is 2.17. The van der Waals surface area contributed by atoms with Gasteiger partial charge in [0, 0.05) is 19.0 Å². The number of hydrogen-bond donors (Lipinski definition) is 0. The van der Waals surface area contributed by atoms with Gasteiger partial charge in [-0.05, 0) is 33.6 Å². The molecule has 100 valence electrons. The number of nitrogens with zero attached hydrogens (tertiary/aromatic N) is 1. The first kappa shape index (κ1) is 14.6. The van der Waals surface area contributed by atoms with Crippen LogP contribution in [-0.4, -0.2) is 48.3 Å². The van der Waals surface area contributed by atoms with E-state index in [-0.39, 0.29) is 12.2 Å². The molecule has 1 heterocycles. The van der Waals surface area contributed by atoms with Crippen molar-refractivity contribution in [2.75, 3.05) is 25.6 Å². The summed E-state index contributed by atoms with van der Waals surface area (Å²) in [4.78, 5) is 13.5. The van der Waals surface area contributed by atoms with E-state index in [0.717, 1.165) is 12.8 Å². The Morgan fingerprint density at radius 1 is 1.47 bits per heavy atom. The molecule has 0 aliphatic carbocycles. The molecule has 0 spiro atoms. The fourth-order valence-electron chi connectivity index (χ4n) is 1.66. The zero-order chi connectivity index (χ0) is 12.9. The van der Waals surface area contributed by atoms with E-state index in [9.17, 15) is 4.79 Å². The number of ether oxygens (including phenoxy) is 2. The third kappa shape index (κ3) is 5.59. The zero-order valence-electron chi connectivity index (χ0n) is 10.9. The molecule has 0 bridgehead atoms. The average molecular weight is 264 g/mol. The van der Waals surface area contributed by atoms with Crippen LogP contribution in [0.3, 0.4) is 0 Å². The van der Waals surface area contributed by atoms with E-state index in [1.165, 1.54) is 0 Å². The lowest BCUT2D eigenvalue weighted by Crippen LogP contribution is -2.36. The largest absolute Gasteiger partial charge is 0.444 e. The Bertz CT molecular complexity index is 253. The highest BCUT2D eigenvalue weighted by atomic mass is 35.5. The quantitative estimate of drug-likeness (QED) is 0.578. The van der Waals surface area contributed by atoms with Crippen molar-refractivity contribution in [2.24, 2.45) is 0 Å². The van der Waals surface area contributed by atoms with Crippen LogP contribution >= 0.6 is 11.6 Å². The summed E-state index contributed by atoms with van der Waals surface area (Å²) < 4.78 is 10.9. The van der Waals surface area contributed by atoms with Crippen molar-refractivity contribution < 1.29 is 14.3 Å². The minimum atomic E-state index is -0.436. The molecule has 0 aromatic heterocycles. The summed E-state index contributed by atoms with van der Waals surface area (Å²) in [5, 5.41) is 0. The van der Waals surface area contributed by atoms with Gasteiger partial charge in [-0.2, -0.15) is 0 Å². The van der Waals surface area contributed by atoms with Crippen LogP contribution < -0.4 is 0 Å². The number of hydrogen-bond acceptors (Lipinski definition) is 3. The number of carbonyl (C=O) groups excluding carboxylic acids is 1. The Morgan fingerprint density at radius 2 is 2.18 bits per heavy atom. The molecular formula is C12H22ClNO3. The predicted octanol–water partition coefficient (Wildman–Crippen LogP) is 2.64. The van der Waals surface area contributed by atoms with Crippen LogP contribution in [0.1, 0.15) is 33.6 Å².